The Morgan fingerprint density at radius 2 is 1.38 bits per heavy atom. The highest BCUT2D eigenvalue weighted by atomic mass is 79.9. The van der Waals surface area contributed by atoms with Gasteiger partial charge in [-0.05, 0) is 45.8 Å². The molecule has 2 amide bonds. The van der Waals surface area contributed by atoms with Crippen LogP contribution in [0.3, 0.4) is 0 Å². The maximum Gasteiger partial charge on any atom is 0.241 e. The number of nitrogens with zero attached hydrogens (tertiary/aromatic N) is 1. The molecule has 3 aromatic carbocycles. The number of hydrogen-bond donors (Lipinski definition) is 0. The fourth-order valence-electron chi connectivity index (χ4n) is 5.34. The van der Waals surface area contributed by atoms with E-state index < -0.39 is 46.9 Å². The predicted octanol–water partition coefficient (Wildman–Crippen LogP) is 4.80. The molecule has 8 heteroatoms. The molecule has 6 rings (SSSR count). The second-order valence-electron chi connectivity index (χ2n) is 8.50. The second kappa shape index (κ2) is 7.43. The minimum absolute atomic E-state index is 0.197. The Kier molecular flexibility index (Phi) is 4.68. The smallest absolute Gasteiger partial charge is 0.241 e. The molecule has 0 bridgehead atoms. The van der Waals surface area contributed by atoms with Gasteiger partial charge in [0.1, 0.15) is 0 Å². The van der Waals surface area contributed by atoms with Gasteiger partial charge in [0.25, 0.3) is 0 Å². The molecule has 0 saturated carbocycles. The average Bonchev–Trinajstić information content (AvgIpc) is 3.40. The average molecular weight is 537 g/mol. The molecule has 6 nitrogen and oxygen atoms in total. The number of ether oxygens (including phenoxy) is 1. The number of ketones is 2. The number of rotatable bonds is 2. The minimum Gasteiger partial charge on any atom is -0.349 e. The van der Waals surface area contributed by atoms with Crippen LogP contribution in [0.25, 0.3) is 0 Å². The summed E-state index contributed by atoms with van der Waals surface area (Å²) >= 11 is 9.45. The number of carbonyl (C=O) groups excluding carboxylic acids is 4. The maximum atomic E-state index is 13.9. The molecule has 0 radical (unpaired) electrons. The van der Waals surface area contributed by atoms with Gasteiger partial charge in [-0.2, -0.15) is 0 Å². The summed E-state index contributed by atoms with van der Waals surface area (Å²) in [6.07, 6.45) is -0.978. The maximum absolute atomic E-state index is 13.9. The summed E-state index contributed by atoms with van der Waals surface area (Å²) in [5.74, 6) is -4.67. The van der Waals surface area contributed by atoms with Crippen LogP contribution in [-0.4, -0.2) is 29.0 Å². The molecule has 2 saturated heterocycles. The van der Waals surface area contributed by atoms with Gasteiger partial charge in [0.05, 0.1) is 23.6 Å². The Morgan fingerprint density at radius 1 is 0.794 bits per heavy atom. The van der Waals surface area contributed by atoms with Crippen LogP contribution in [0.4, 0.5) is 5.69 Å². The van der Waals surface area contributed by atoms with Crippen LogP contribution in [0, 0.1) is 11.8 Å². The van der Waals surface area contributed by atoms with E-state index >= 15 is 0 Å². The van der Waals surface area contributed by atoms with Crippen LogP contribution in [0.1, 0.15) is 32.4 Å². The lowest BCUT2D eigenvalue weighted by atomic mass is 9.77. The third-order valence-electron chi connectivity index (χ3n) is 6.81. The molecule has 3 aliphatic rings. The lowest BCUT2D eigenvalue weighted by Gasteiger charge is -2.27. The predicted molar refractivity (Wildman–Crippen MR) is 127 cm³/mol. The van der Waals surface area contributed by atoms with Crippen LogP contribution >= 0.6 is 27.5 Å². The highest BCUT2D eigenvalue weighted by Gasteiger charge is 2.74. The van der Waals surface area contributed by atoms with Crippen molar-refractivity contribution in [2.75, 3.05) is 4.90 Å². The summed E-state index contributed by atoms with van der Waals surface area (Å²) in [4.78, 5) is 56.1. The standard InChI is InChI=1S/C26H15BrClNO5/c27-17-7-3-4-8-18(17)29-24(32)19-20(25(29)33)26(34-21(19)13-9-11-14(28)12-10-13)22(30)15-5-1-2-6-16(15)23(26)31/h1-12,19-21H/t19-,20+,21+/m0/s1. The lowest BCUT2D eigenvalue weighted by Crippen LogP contribution is -2.51. The van der Waals surface area contributed by atoms with Crippen LogP contribution in [0.15, 0.2) is 77.3 Å². The molecule has 34 heavy (non-hydrogen) atoms. The van der Waals surface area contributed by atoms with E-state index in [1.54, 1.807) is 72.8 Å². The van der Waals surface area contributed by atoms with Crippen molar-refractivity contribution >= 4 is 56.6 Å². The molecule has 1 aliphatic carbocycles. The van der Waals surface area contributed by atoms with E-state index in [0.717, 1.165) is 4.90 Å². The Labute approximate surface area is 207 Å². The van der Waals surface area contributed by atoms with Crippen molar-refractivity contribution in [3.8, 4) is 0 Å². The summed E-state index contributed by atoms with van der Waals surface area (Å²) in [5, 5.41) is 0.483. The number of para-hydroxylation sites is 1. The zero-order valence-electron chi connectivity index (χ0n) is 17.4. The Balaban J connectivity index is 1.56. The summed E-state index contributed by atoms with van der Waals surface area (Å²) < 4.78 is 6.79. The normalized spacial score (nSPS) is 24.8. The third kappa shape index (κ3) is 2.66. The molecule has 1 spiro atoms. The number of amides is 2. The topological polar surface area (TPSA) is 80.8 Å². The van der Waals surface area contributed by atoms with Gasteiger partial charge >= 0.3 is 0 Å². The van der Waals surface area contributed by atoms with Gasteiger partial charge in [0.15, 0.2) is 0 Å². The van der Waals surface area contributed by atoms with Gasteiger partial charge in [-0.15, -0.1) is 0 Å². The lowest BCUT2D eigenvalue weighted by molar-refractivity contribution is -0.127. The Hall–Kier alpha value is -3.13. The molecule has 2 heterocycles. The molecule has 0 N–H and O–H groups in total. The van der Waals surface area contributed by atoms with Gasteiger partial charge in [0.2, 0.25) is 29.0 Å². The van der Waals surface area contributed by atoms with Gasteiger partial charge in [0, 0.05) is 20.6 Å². The third-order valence-corrected chi connectivity index (χ3v) is 7.73. The second-order valence-corrected chi connectivity index (χ2v) is 9.79. The SMILES string of the molecule is O=C1[C@@H]2[C@@H](c3ccc(Cl)cc3)OC3(C(=O)c4ccccc4C3=O)[C@H]2C(=O)N1c1ccccc1Br. The number of halogens is 2. The monoisotopic (exact) mass is 535 g/mol. The van der Waals surface area contributed by atoms with Crippen LogP contribution in [0.2, 0.25) is 5.02 Å². The van der Waals surface area contributed by atoms with Crippen molar-refractivity contribution in [1.82, 2.24) is 0 Å². The zero-order valence-corrected chi connectivity index (χ0v) is 19.7. The van der Waals surface area contributed by atoms with Gasteiger partial charge in [-0.25, -0.2) is 4.90 Å². The first kappa shape index (κ1) is 21.4. The first-order valence-corrected chi connectivity index (χ1v) is 11.8. The summed E-state index contributed by atoms with van der Waals surface area (Å²) in [6.45, 7) is 0. The van der Waals surface area contributed by atoms with Gasteiger partial charge in [-0.1, -0.05) is 60.1 Å². The van der Waals surface area contributed by atoms with E-state index in [0.29, 0.717) is 20.7 Å². The van der Waals surface area contributed by atoms with Crippen molar-refractivity contribution in [3.63, 3.8) is 0 Å². The van der Waals surface area contributed by atoms with E-state index in [4.69, 9.17) is 16.3 Å². The van der Waals surface area contributed by atoms with Crippen molar-refractivity contribution in [2.24, 2.45) is 11.8 Å². The highest BCUT2D eigenvalue weighted by molar-refractivity contribution is 9.10. The number of imide groups is 1. The van der Waals surface area contributed by atoms with Crippen molar-refractivity contribution in [3.05, 3.63) is 99.0 Å². The quantitative estimate of drug-likeness (QED) is 0.347. The van der Waals surface area contributed by atoms with Crippen LogP contribution < -0.4 is 4.90 Å². The molecule has 0 unspecified atom stereocenters. The Bertz CT molecular complexity index is 1380. The van der Waals surface area contributed by atoms with Gasteiger partial charge in [-0.3, -0.25) is 19.2 Å². The van der Waals surface area contributed by atoms with Crippen LogP contribution in [0.5, 0.6) is 0 Å². The highest BCUT2D eigenvalue weighted by Crippen LogP contribution is 2.58. The summed E-state index contributed by atoms with van der Waals surface area (Å²) in [5.41, 5.74) is -0.790. The largest absolute Gasteiger partial charge is 0.349 e. The summed E-state index contributed by atoms with van der Waals surface area (Å²) in [6, 6.07) is 19.9. The number of anilines is 1. The minimum atomic E-state index is -2.10. The molecular formula is C26H15BrClNO5. The molecule has 3 aromatic rings. The van der Waals surface area contributed by atoms with Gasteiger partial charge < -0.3 is 4.74 Å². The molecule has 3 atom stereocenters. The fourth-order valence-corrected chi connectivity index (χ4v) is 5.93. The van der Waals surface area contributed by atoms with Crippen molar-refractivity contribution < 1.29 is 23.9 Å². The van der Waals surface area contributed by atoms with Crippen molar-refractivity contribution in [1.29, 1.82) is 0 Å². The van der Waals surface area contributed by atoms with Crippen molar-refractivity contribution in [2.45, 2.75) is 11.7 Å². The number of carbonyl (C=O) groups is 4. The van der Waals surface area contributed by atoms with E-state index in [1.807, 2.05) is 0 Å². The molecular weight excluding hydrogens is 522 g/mol. The number of hydrogen-bond acceptors (Lipinski definition) is 5. The molecule has 2 fully saturated rings. The Morgan fingerprint density at radius 3 is 2.00 bits per heavy atom. The molecule has 168 valence electrons. The number of fused-ring (bicyclic) bond motifs is 3. The first-order valence-electron chi connectivity index (χ1n) is 10.6. The summed E-state index contributed by atoms with van der Waals surface area (Å²) in [7, 11) is 0. The first-order chi connectivity index (χ1) is 16.4. The fraction of sp³-hybridized carbons (Fsp3) is 0.154. The molecule has 0 aromatic heterocycles. The zero-order chi connectivity index (χ0) is 23.8. The van der Waals surface area contributed by atoms with E-state index in [2.05, 4.69) is 15.9 Å². The van der Waals surface area contributed by atoms with E-state index in [1.165, 1.54) is 0 Å². The molecule has 2 aliphatic heterocycles. The van der Waals surface area contributed by atoms with Crippen LogP contribution in [-0.2, 0) is 14.3 Å². The number of Topliss-reactive ketones (excluding diaryl/α,β-unsaturated/α-hetero) is 2. The van der Waals surface area contributed by atoms with E-state index in [-0.39, 0.29) is 11.1 Å². The number of benzene rings is 3. The van der Waals surface area contributed by atoms with E-state index in [9.17, 15) is 19.2 Å².